The molecule has 0 aliphatic rings. The summed E-state index contributed by atoms with van der Waals surface area (Å²) in [7, 11) is 0. The highest BCUT2D eigenvalue weighted by Crippen LogP contribution is 2.03. The van der Waals surface area contributed by atoms with Crippen LogP contribution in [0.25, 0.3) is 0 Å². The van der Waals surface area contributed by atoms with Crippen molar-refractivity contribution in [3.05, 3.63) is 17.2 Å². The Morgan fingerprint density at radius 1 is 1.33 bits per heavy atom. The van der Waals surface area contributed by atoms with Gasteiger partial charge in [-0.1, -0.05) is 6.92 Å². The Labute approximate surface area is 88.3 Å². The van der Waals surface area contributed by atoms with E-state index in [0.29, 0.717) is 12.2 Å². The molecule has 0 saturated heterocycles. The van der Waals surface area contributed by atoms with Crippen molar-refractivity contribution in [2.24, 2.45) is 0 Å². The lowest BCUT2D eigenvalue weighted by atomic mass is 10.3. The number of carbonyl (C=O) groups is 2. The lowest BCUT2D eigenvalue weighted by molar-refractivity contribution is -0.129. The molecule has 2 amide bonds. The predicted octanol–water partition coefficient (Wildman–Crippen LogP) is 0.622. The number of imide groups is 1. The summed E-state index contributed by atoms with van der Waals surface area (Å²) in [4.78, 5) is 29.4. The zero-order valence-corrected chi connectivity index (χ0v) is 9.18. The molecule has 0 aromatic carbocycles. The second-order valence-electron chi connectivity index (χ2n) is 3.40. The molecule has 0 radical (unpaired) electrons. The molecule has 1 aromatic heterocycles. The Balaban J connectivity index is 2.55. The molecule has 1 aromatic rings. The number of hydrogen-bond donors (Lipinski definition) is 2. The van der Waals surface area contributed by atoms with Crippen LogP contribution in [0.3, 0.4) is 0 Å². The highest BCUT2D eigenvalue weighted by Gasteiger charge is 2.10. The van der Waals surface area contributed by atoms with E-state index >= 15 is 0 Å². The molecular formula is C10H15N3O2. The highest BCUT2D eigenvalue weighted by molar-refractivity contribution is 5.95. The number of amides is 2. The minimum atomic E-state index is -0.324. The van der Waals surface area contributed by atoms with Crippen LogP contribution in [0.2, 0.25) is 0 Å². The van der Waals surface area contributed by atoms with Crippen molar-refractivity contribution in [3.8, 4) is 0 Å². The fourth-order valence-electron chi connectivity index (χ4n) is 1.15. The first-order valence-corrected chi connectivity index (χ1v) is 4.87. The summed E-state index contributed by atoms with van der Waals surface area (Å²) in [6.45, 7) is 5.45. The molecule has 0 atom stereocenters. The first kappa shape index (κ1) is 11.4. The van der Waals surface area contributed by atoms with Gasteiger partial charge in [-0.2, -0.15) is 0 Å². The Kier molecular flexibility index (Phi) is 3.60. The van der Waals surface area contributed by atoms with Crippen LogP contribution in [0.1, 0.15) is 30.6 Å². The summed E-state index contributed by atoms with van der Waals surface area (Å²) in [5, 5.41) is 2.27. The Bertz CT molecular complexity index is 363. The van der Waals surface area contributed by atoms with Crippen LogP contribution in [0.4, 0.5) is 0 Å². The van der Waals surface area contributed by atoms with Crippen LogP contribution >= 0.6 is 0 Å². The largest absolute Gasteiger partial charge is 0.345 e. The molecule has 0 unspecified atom stereocenters. The summed E-state index contributed by atoms with van der Waals surface area (Å²) in [6.07, 6.45) is 0.419. The van der Waals surface area contributed by atoms with E-state index in [1.54, 1.807) is 6.92 Å². The number of H-pyrrole nitrogens is 1. The van der Waals surface area contributed by atoms with Gasteiger partial charge in [-0.25, -0.2) is 4.98 Å². The van der Waals surface area contributed by atoms with E-state index in [1.807, 2.05) is 13.8 Å². The van der Waals surface area contributed by atoms with Gasteiger partial charge in [-0.3, -0.25) is 14.9 Å². The van der Waals surface area contributed by atoms with Gasteiger partial charge in [0.05, 0.1) is 12.1 Å². The van der Waals surface area contributed by atoms with Gasteiger partial charge in [-0.05, 0) is 13.8 Å². The number of aromatic nitrogens is 2. The predicted molar refractivity (Wildman–Crippen MR) is 55.2 cm³/mol. The molecule has 5 nitrogen and oxygen atoms in total. The monoisotopic (exact) mass is 209 g/mol. The fourth-order valence-corrected chi connectivity index (χ4v) is 1.15. The van der Waals surface area contributed by atoms with Gasteiger partial charge < -0.3 is 4.98 Å². The third-order valence-electron chi connectivity index (χ3n) is 2.11. The molecule has 0 aliphatic carbocycles. The SMILES string of the molecule is CCC(=O)NC(=O)Cc1nc(C)c(C)[nH]1. The molecule has 0 fully saturated rings. The molecule has 5 heteroatoms. The molecule has 1 rings (SSSR count). The van der Waals surface area contributed by atoms with Crippen molar-refractivity contribution < 1.29 is 9.59 Å². The average molecular weight is 209 g/mol. The number of nitrogens with zero attached hydrogens (tertiary/aromatic N) is 1. The van der Waals surface area contributed by atoms with Crippen LogP contribution in [0, 0.1) is 13.8 Å². The number of hydrogen-bond acceptors (Lipinski definition) is 3. The quantitative estimate of drug-likeness (QED) is 0.766. The van der Waals surface area contributed by atoms with E-state index in [-0.39, 0.29) is 18.2 Å². The van der Waals surface area contributed by atoms with E-state index in [4.69, 9.17) is 0 Å². The van der Waals surface area contributed by atoms with Gasteiger partial charge in [0.1, 0.15) is 5.82 Å². The van der Waals surface area contributed by atoms with E-state index in [2.05, 4.69) is 15.3 Å². The third kappa shape index (κ3) is 3.19. The van der Waals surface area contributed by atoms with E-state index in [1.165, 1.54) is 0 Å². The van der Waals surface area contributed by atoms with Crippen molar-refractivity contribution in [2.75, 3.05) is 0 Å². The number of carbonyl (C=O) groups excluding carboxylic acids is 2. The summed E-state index contributed by atoms with van der Waals surface area (Å²) in [5.41, 5.74) is 1.82. The fraction of sp³-hybridized carbons (Fsp3) is 0.500. The Hall–Kier alpha value is -1.65. The minimum Gasteiger partial charge on any atom is -0.345 e. The van der Waals surface area contributed by atoms with E-state index < -0.39 is 0 Å². The Morgan fingerprint density at radius 2 is 2.00 bits per heavy atom. The average Bonchev–Trinajstić information content (AvgIpc) is 2.45. The molecule has 15 heavy (non-hydrogen) atoms. The zero-order valence-electron chi connectivity index (χ0n) is 9.18. The number of nitrogens with one attached hydrogen (secondary N) is 2. The van der Waals surface area contributed by atoms with Crippen molar-refractivity contribution in [1.29, 1.82) is 0 Å². The maximum atomic E-state index is 11.3. The number of rotatable bonds is 3. The van der Waals surface area contributed by atoms with Gasteiger partial charge in [0.25, 0.3) is 0 Å². The second kappa shape index (κ2) is 4.72. The van der Waals surface area contributed by atoms with Gasteiger partial charge in [0.2, 0.25) is 11.8 Å². The number of aromatic amines is 1. The van der Waals surface area contributed by atoms with Gasteiger partial charge in [0.15, 0.2) is 0 Å². The normalized spacial score (nSPS) is 10.1. The zero-order chi connectivity index (χ0) is 11.4. The lowest BCUT2D eigenvalue weighted by Crippen LogP contribution is -2.31. The van der Waals surface area contributed by atoms with Gasteiger partial charge in [0, 0.05) is 12.1 Å². The molecule has 0 spiro atoms. The number of aryl methyl sites for hydroxylation is 2. The minimum absolute atomic E-state index is 0.112. The summed E-state index contributed by atoms with van der Waals surface area (Å²) >= 11 is 0. The van der Waals surface area contributed by atoms with Crippen molar-refractivity contribution >= 4 is 11.8 Å². The maximum Gasteiger partial charge on any atom is 0.234 e. The van der Waals surface area contributed by atoms with Crippen LogP contribution in [-0.4, -0.2) is 21.8 Å². The number of imidazole rings is 1. The first-order chi connectivity index (χ1) is 7.02. The summed E-state index contributed by atoms with van der Waals surface area (Å²) in [5.74, 6) is 0.00185. The van der Waals surface area contributed by atoms with Gasteiger partial charge in [-0.15, -0.1) is 0 Å². The van der Waals surface area contributed by atoms with Crippen molar-refractivity contribution in [2.45, 2.75) is 33.6 Å². The van der Waals surface area contributed by atoms with Crippen molar-refractivity contribution in [1.82, 2.24) is 15.3 Å². The van der Waals surface area contributed by atoms with Gasteiger partial charge >= 0.3 is 0 Å². The first-order valence-electron chi connectivity index (χ1n) is 4.87. The third-order valence-corrected chi connectivity index (χ3v) is 2.11. The standard InChI is InChI=1S/C10H15N3O2/c1-4-9(14)13-10(15)5-8-11-6(2)7(3)12-8/h4-5H2,1-3H3,(H,11,12)(H,13,14,15). The molecule has 1 heterocycles. The highest BCUT2D eigenvalue weighted by atomic mass is 16.2. The topological polar surface area (TPSA) is 74.8 Å². The summed E-state index contributed by atoms with van der Waals surface area (Å²) in [6, 6.07) is 0. The van der Waals surface area contributed by atoms with Crippen LogP contribution < -0.4 is 5.32 Å². The molecule has 0 aliphatic heterocycles. The van der Waals surface area contributed by atoms with Crippen molar-refractivity contribution in [3.63, 3.8) is 0 Å². The smallest absolute Gasteiger partial charge is 0.234 e. The summed E-state index contributed by atoms with van der Waals surface area (Å²) < 4.78 is 0. The molecule has 0 saturated carbocycles. The van der Waals surface area contributed by atoms with E-state index in [9.17, 15) is 9.59 Å². The molecule has 82 valence electrons. The second-order valence-corrected chi connectivity index (χ2v) is 3.40. The lowest BCUT2D eigenvalue weighted by Gasteiger charge is -1.99. The maximum absolute atomic E-state index is 11.3. The van der Waals surface area contributed by atoms with Crippen LogP contribution in [0.15, 0.2) is 0 Å². The molecule has 2 N–H and O–H groups in total. The Morgan fingerprint density at radius 3 is 2.47 bits per heavy atom. The molecular weight excluding hydrogens is 194 g/mol. The molecule has 0 bridgehead atoms. The van der Waals surface area contributed by atoms with Crippen LogP contribution in [0.5, 0.6) is 0 Å². The van der Waals surface area contributed by atoms with Crippen LogP contribution in [-0.2, 0) is 16.0 Å². The van der Waals surface area contributed by atoms with E-state index in [0.717, 1.165) is 11.4 Å².